The van der Waals surface area contributed by atoms with Gasteiger partial charge in [-0.2, -0.15) is 0 Å². The zero-order chi connectivity index (χ0) is 24.1. The van der Waals surface area contributed by atoms with E-state index in [1.54, 1.807) is 10.6 Å². The fourth-order valence-corrected chi connectivity index (χ4v) is 4.14. The van der Waals surface area contributed by atoms with E-state index in [9.17, 15) is 14.7 Å². The summed E-state index contributed by atoms with van der Waals surface area (Å²) in [4.78, 5) is 25.0. The Hall–Kier alpha value is -4.06. The number of carbonyl (C=O) groups is 1. The van der Waals surface area contributed by atoms with Crippen LogP contribution in [0.2, 0.25) is 0 Å². The molecule has 174 valence electrons. The number of nitrogens with zero attached hydrogens (tertiary/aromatic N) is 1. The molecule has 3 aromatic carbocycles. The Bertz CT molecular complexity index is 1350. The van der Waals surface area contributed by atoms with Crippen molar-refractivity contribution >= 4 is 16.9 Å². The summed E-state index contributed by atoms with van der Waals surface area (Å²) in [7, 11) is 0. The second kappa shape index (κ2) is 10.3. The van der Waals surface area contributed by atoms with E-state index in [2.05, 4.69) is 5.32 Å². The highest BCUT2D eigenvalue weighted by molar-refractivity contribution is 5.98. The molecule has 6 heteroatoms. The maximum atomic E-state index is 13.7. The molecule has 0 atom stereocenters. The number of fused-ring (bicyclic) bond motifs is 1. The topological polar surface area (TPSA) is 80.6 Å². The summed E-state index contributed by atoms with van der Waals surface area (Å²) >= 11 is 0. The van der Waals surface area contributed by atoms with E-state index in [1.807, 2.05) is 86.6 Å². The van der Waals surface area contributed by atoms with Crippen LogP contribution in [-0.4, -0.2) is 15.8 Å². The molecule has 0 aliphatic carbocycles. The van der Waals surface area contributed by atoms with Crippen molar-refractivity contribution in [2.45, 2.75) is 33.5 Å². The van der Waals surface area contributed by atoms with Gasteiger partial charge in [0.25, 0.3) is 5.56 Å². The van der Waals surface area contributed by atoms with Gasteiger partial charge in [-0.1, -0.05) is 74.5 Å². The fourth-order valence-electron chi connectivity index (χ4n) is 4.14. The molecule has 0 fully saturated rings. The normalized spacial score (nSPS) is 11.0. The predicted molar refractivity (Wildman–Crippen MR) is 134 cm³/mol. The molecule has 4 rings (SSSR count). The third-order valence-corrected chi connectivity index (χ3v) is 5.62. The highest BCUT2D eigenvalue weighted by Gasteiger charge is 2.20. The van der Waals surface area contributed by atoms with Crippen LogP contribution in [0.25, 0.3) is 21.9 Å². The first kappa shape index (κ1) is 23.1. The van der Waals surface area contributed by atoms with Crippen LogP contribution in [0.4, 0.5) is 4.79 Å². The van der Waals surface area contributed by atoms with E-state index in [0.717, 1.165) is 22.1 Å². The molecule has 1 aromatic heterocycles. The van der Waals surface area contributed by atoms with Crippen molar-refractivity contribution in [1.82, 2.24) is 9.88 Å². The summed E-state index contributed by atoms with van der Waals surface area (Å²) in [5.74, 6) is 0.805. The van der Waals surface area contributed by atoms with E-state index in [4.69, 9.17) is 4.74 Å². The summed E-state index contributed by atoms with van der Waals surface area (Å²) in [6, 6.07) is 25.2. The minimum atomic E-state index is -1.13. The molecule has 0 bridgehead atoms. The monoisotopic (exact) mass is 456 g/mol. The average Bonchev–Trinajstić information content (AvgIpc) is 2.84. The maximum absolute atomic E-state index is 13.7. The van der Waals surface area contributed by atoms with Crippen LogP contribution in [0.1, 0.15) is 25.1 Å². The second-order valence-electron chi connectivity index (χ2n) is 8.64. The Morgan fingerprint density at radius 1 is 0.971 bits per heavy atom. The highest BCUT2D eigenvalue weighted by Crippen LogP contribution is 2.33. The van der Waals surface area contributed by atoms with E-state index in [-0.39, 0.29) is 18.0 Å². The van der Waals surface area contributed by atoms with Crippen molar-refractivity contribution in [2.75, 3.05) is 0 Å². The predicted octanol–water partition coefficient (Wildman–Crippen LogP) is 5.67. The van der Waals surface area contributed by atoms with Gasteiger partial charge < -0.3 is 19.7 Å². The van der Waals surface area contributed by atoms with Crippen molar-refractivity contribution in [3.63, 3.8) is 0 Å². The van der Waals surface area contributed by atoms with Crippen LogP contribution in [0.15, 0.2) is 83.7 Å². The molecule has 34 heavy (non-hydrogen) atoms. The average molecular weight is 457 g/mol. The Morgan fingerprint density at radius 3 is 2.29 bits per heavy atom. The lowest BCUT2D eigenvalue weighted by atomic mass is 9.96. The van der Waals surface area contributed by atoms with Gasteiger partial charge in [-0.15, -0.1) is 0 Å². The zero-order valence-electron chi connectivity index (χ0n) is 19.3. The summed E-state index contributed by atoms with van der Waals surface area (Å²) in [5, 5.41) is 13.0. The molecule has 0 saturated carbocycles. The number of hydrogen-bond donors (Lipinski definition) is 2. The summed E-state index contributed by atoms with van der Waals surface area (Å²) in [5.41, 5.74) is 3.30. The lowest BCUT2D eigenvalue weighted by Crippen LogP contribution is -2.31. The molecule has 1 heterocycles. The van der Waals surface area contributed by atoms with E-state index in [1.165, 1.54) is 0 Å². The molecule has 0 unspecified atom stereocenters. The number of ether oxygens (including phenoxy) is 1. The molecule has 2 N–H and O–H groups in total. The van der Waals surface area contributed by atoms with Crippen LogP contribution in [0.3, 0.4) is 0 Å². The summed E-state index contributed by atoms with van der Waals surface area (Å²) in [6.07, 6.45) is -1.13. The zero-order valence-corrected chi connectivity index (χ0v) is 19.3. The number of rotatable bonds is 8. The minimum Gasteiger partial charge on any atom is -0.489 e. The molecular weight excluding hydrogens is 428 g/mol. The molecule has 4 aromatic rings. The van der Waals surface area contributed by atoms with E-state index < -0.39 is 6.09 Å². The second-order valence-corrected chi connectivity index (χ2v) is 8.64. The number of nitrogens with one attached hydrogen (secondary N) is 1. The first-order valence-electron chi connectivity index (χ1n) is 11.3. The van der Waals surface area contributed by atoms with Crippen LogP contribution >= 0.6 is 0 Å². The van der Waals surface area contributed by atoms with Gasteiger partial charge in [0.05, 0.1) is 11.9 Å². The first-order valence-corrected chi connectivity index (χ1v) is 11.3. The summed E-state index contributed by atoms with van der Waals surface area (Å²) < 4.78 is 7.69. The van der Waals surface area contributed by atoms with Crippen LogP contribution in [-0.2, 0) is 19.7 Å². The SMILES string of the molecule is CC(C)Cn1c(CNC(=O)O)c(-c2ccccc2)c2ccc(OCc3ccccc3)cc2c1=O. The lowest BCUT2D eigenvalue weighted by Gasteiger charge is -2.22. The van der Waals surface area contributed by atoms with Gasteiger partial charge in [0.2, 0.25) is 0 Å². The Labute approximate surface area is 198 Å². The minimum absolute atomic E-state index is 0.0315. The van der Waals surface area contributed by atoms with Crippen LogP contribution in [0.5, 0.6) is 5.75 Å². The number of hydrogen-bond acceptors (Lipinski definition) is 3. The Kier molecular flexibility index (Phi) is 6.97. The number of benzene rings is 3. The van der Waals surface area contributed by atoms with Gasteiger partial charge in [0, 0.05) is 17.8 Å². The number of carboxylic acid groups (broad SMARTS) is 1. The third-order valence-electron chi connectivity index (χ3n) is 5.62. The Morgan fingerprint density at radius 2 is 1.65 bits per heavy atom. The number of pyridine rings is 1. The maximum Gasteiger partial charge on any atom is 0.404 e. The smallest absolute Gasteiger partial charge is 0.404 e. The van der Waals surface area contributed by atoms with Gasteiger partial charge in [-0.3, -0.25) is 4.79 Å². The van der Waals surface area contributed by atoms with Crippen molar-refractivity contribution in [3.05, 3.63) is 100 Å². The quantitative estimate of drug-likeness (QED) is 0.358. The molecule has 0 spiro atoms. The molecule has 6 nitrogen and oxygen atoms in total. The van der Waals surface area contributed by atoms with Crippen molar-refractivity contribution in [3.8, 4) is 16.9 Å². The van der Waals surface area contributed by atoms with Crippen molar-refractivity contribution < 1.29 is 14.6 Å². The largest absolute Gasteiger partial charge is 0.489 e. The third kappa shape index (κ3) is 5.12. The molecule has 0 aliphatic heterocycles. The summed E-state index contributed by atoms with van der Waals surface area (Å²) in [6.45, 7) is 4.97. The Balaban J connectivity index is 1.89. The molecule has 0 radical (unpaired) electrons. The van der Waals surface area contributed by atoms with Crippen LogP contribution < -0.4 is 15.6 Å². The molecule has 1 amide bonds. The van der Waals surface area contributed by atoms with E-state index in [0.29, 0.717) is 30.0 Å². The van der Waals surface area contributed by atoms with Gasteiger partial charge in [-0.05, 0) is 40.6 Å². The number of aromatic nitrogens is 1. The first-order chi connectivity index (χ1) is 16.4. The van der Waals surface area contributed by atoms with Gasteiger partial charge >= 0.3 is 6.09 Å². The van der Waals surface area contributed by atoms with Gasteiger partial charge in [-0.25, -0.2) is 4.79 Å². The molecule has 0 saturated heterocycles. The van der Waals surface area contributed by atoms with Gasteiger partial charge in [0.1, 0.15) is 12.4 Å². The molecular formula is C28H28N2O4. The van der Waals surface area contributed by atoms with Crippen molar-refractivity contribution in [2.24, 2.45) is 5.92 Å². The van der Waals surface area contributed by atoms with Gasteiger partial charge in [0.15, 0.2) is 0 Å². The highest BCUT2D eigenvalue weighted by atomic mass is 16.5. The standard InChI is InChI=1S/C28H28N2O4/c1-19(2)17-30-25(16-29-28(32)33)26(21-11-7-4-8-12-21)23-14-13-22(15-24(23)27(30)31)34-18-20-9-5-3-6-10-20/h3-15,19,29H,16-18H2,1-2H3,(H,32,33). The van der Waals surface area contributed by atoms with E-state index >= 15 is 0 Å². The van der Waals surface area contributed by atoms with Crippen molar-refractivity contribution in [1.29, 1.82) is 0 Å². The lowest BCUT2D eigenvalue weighted by molar-refractivity contribution is 0.193. The fraction of sp³-hybridized carbons (Fsp3) is 0.214. The van der Waals surface area contributed by atoms with Crippen LogP contribution in [0, 0.1) is 5.92 Å². The number of amides is 1. The molecule has 0 aliphatic rings.